The number of carboxylic acid groups (broad SMARTS) is 1. The van der Waals surface area contributed by atoms with Crippen molar-refractivity contribution in [3.63, 3.8) is 0 Å². The van der Waals surface area contributed by atoms with E-state index in [1.807, 2.05) is 6.07 Å². The predicted octanol–water partition coefficient (Wildman–Crippen LogP) is 2.33. The lowest BCUT2D eigenvalue weighted by molar-refractivity contribution is -0.143. The van der Waals surface area contributed by atoms with Crippen LogP contribution in [0.5, 0.6) is 11.5 Å². The van der Waals surface area contributed by atoms with Gasteiger partial charge in [-0.1, -0.05) is 24.3 Å². The van der Waals surface area contributed by atoms with Crippen molar-refractivity contribution in [3.05, 3.63) is 59.7 Å². The molecule has 0 saturated heterocycles. The number of amides is 1. The summed E-state index contributed by atoms with van der Waals surface area (Å²) in [5.74, 6) is -0.307. The number of carbonyl (C=O) groups excluding carboxylic acids is 1. The number of carbonyl (C=O) groups is 2. The van der Waals surface area contributed by atoms with Crippen molar-refractivity contribution in [1.82, 2.24) is 5.32 Å². The van der Waals surface area contributed by atoms with E-state index in [9.17, 15) is 14.7 Å². The van der Waals surface area contributed by atoms with E-state index in [1.54, 1.807) is 49.4 Å². The van der Waals surface area contributed by atoms with Crippen molar-refractivity contribution < 1.29 is 24.2 Å². The Morgan fingerprint density at radius 1 is 1.20 bits per heavy atom. The lowest BCUT2D eigenvalue weighted by atomic mass is 10.0. The first-order valence-corrected chi connectivity index (χ1v) is 8.05. The second-order valence-corrected chi connectivity index (χ2v) is 5.82. The molecule has 0 bridgehead atoms. The Morgan fingerprint density at radius 2 is 1.96 bits per heavy atom. The van der Waals surface area contributed by atoms with Gasteiger partial charge in [-0.25, -0.2) is 4.79 Å². The minimum absolute atomic E-state index is 0.493. The highest BCUT2D eigenvalue weighted by atomic mass is 16.5. The van der Waals surface area contributed by atoms with Crippen LogP contribution in [0.2, 0.25) is 0 Å². The molecule has 0 spiro atoms. The largest absolute Gasteiger partial charge is 0.493 e. The average molecular weight is 341 g/mol. The molecule has 1 heterocycles. The summed E-state index contributed by atoms with van der Waals surface area (Å²) in [6.07, 6.45) is -0.0845. The molecule has 2 aromatic carbocycles. The van der Waals surface area contributed by atoms with Crippen LogP contribution in [0.25, 0.3) is 0 Å². The van der Waals surface area contributed by atoms with Crippen molar-refractivity contribution in [2.75, 3.05) is 6.61 Å². The Morgan fingerprint density at radius 3 is 2.68 bits per heavy atom. The first-order valence-electron chi connectivity index (χ1n) is 8.05. The number of hydrogen-bond acceptors (Lipinski definition) is 4. The molecule has 0 saturated carbocycles. The molecule has 1 amide bonds. The molecule has 1 aliphatic rings. The van der Waals surface area contributed by atoms with Crippen molar-refractivity contribution in [2.24, 2.45) is 0 Å². The highest BCUT2D eigenvalue weighted by molar-refractivity contribution is 5.87. The Kier molecular flexibility index (Phi) is 4.88. The summed E-state index contributed by atoms with van der Waals surface area (Å²) in [7, 11) is 0. The molecule has 0 aliphatic carbocycles. The molecule has 6 nitrogen and oxygen atoms in total. The Labute approximate surface area is 145 Å². The number of hydrogen-bond donors (Lipinski definition) is 2. The Balaban J connectivity index is 1.71. The van der Waals surface area contributed by atoms with Crippen LogP contribution in [0.4, 0.5) is 0 Å². The maximum absolute atomic E-state index is 12.3. The highest BCUT2D eigenvalue weighted by Gasteiger charge is 2.27. The van der Waals surface area contributed by atoms with Gasteiger partial charge >= 0.3 is 5.97 Å². The van der Waals surface area contributed by atoms with Crippen molar-refractivity contribution >= 4 is 11.9 Å². The second-order valence-electron chi connectivity index (χ2n) is 5.82. The van der Waals surface area contributed by atoms with Gasteiger partial charge in [-0.05, 0) is 42.3 Å². The minimum atomic E-state index is -1.14. The average Bonchev–Trinajstić information content (AvgIpc) is 3.07. The third-order valence-corrected chi connectivity index (χ3v) is 4.01. The van der Waals surface area contributed by atoms with Gasteiger partial charge in [-0.3, -0.25) is 4.79 Å². The molecule has 2 N–H and O–H groups in total. The number of nitrogens with one attached hydrogen (secondary N) is 1. The summed E-state index contributed by atoms with van der Waals surface area (Å²) < 4.78 is 11.0. The Bertz CT molecular complexity index is 775. The molecule has 0 radical (unpaired) electrons. The predicted molar refractivity (Wildman–Crippen MR) is 90.7 cm³/mol. The van der Waals surface area contributed by atoms with Gasteiger partial charge in [0.1, 0.15) is 11.5 Å². The molecule has 130 valence electrons. The summed E-state index contributed by atoms with van der Waals surface area (Å²) in [4.78, 5) is 24.0. The molecule has 3 rings (SSSR count). The quantitative estimate of drug-likeness (QED) is 0.842. The molecule has 0 aromatic heterocycles. The summed E-state index contributed by atoms with van der Waals surface area (Å²) in [6.45, 7) is 2.17. The van der Waals surface area contributed by atoms with Gasteiger partial charge in [0.05, 0.1) is 6.61 Å². The van der Waals surface area contributed by atoms with Crippen LogP contribution in [-0.4, -0.2) is 29.7 Å². The van der Waals surface area contributed by atoms with Gasteiger partial charge in [0.15, 0.2) is 12.1 Å². The summed E-state index contributed by atoms with van der Waals surface area (Å²) in [5.41, 5.74) is 1.46. The standard InChI is InChI=1S/C19H19NO5/c1-12(25-15-5-3-2-4-6-15)18(21)20-17(19(22)23)14-7-8-16-13(11-14)9-10-24-16/h2-8,11-12,17H,9-10H2,1H3,(H,20,21)(H,22,23). The van der Waals surface area contributed by atoms with Gasteiger partial charge < -0.3 is 19.9 Å². The molecule has 1 aliphatic heterocycles. The van der Waals surface area contributed by atoms with E-state index in [-0.39, 0.29) is 0 Å². The van der Waals surface area contributed by atoms with E-state index in [0.29, 0.717) is 17.9 Å². The molecular weight excluding hydrogens is 322 g/mol. The van der Waals surface area contributed by atoms with E-state index < -0.39 is 24.0 Å². The summed E-state index contributed by atoms with van der Waals surface area (Å²) in [6, 6.07) is 12.9. The maximum Gasteiger partial charge on any atom is 0.330 e. The van der Waals surface area contributed by atoms with E-state index in [0.717, 1.165) is 17.7 Å². The van der Waals surface area contributed by atoms with E-state index in [2.05, 4.69) is 5.32 Å². The third kappa shape index (κ3) is 3.91. The Hall–Kier alpha value is -3.02. The number of benzene rings is 2. The van der Waals surface area contributed by atoms with E-state index >= 15 is 0 Å². The van der Waals surface area contributed by atoms with Crippen LogP contribution >= 0.6 is 0 Å². The normalized spacial score (nSPS) is 14.8. The fraction of sp³-hybridized carbons (Fsp3) is 0.263. The van der Waals surface area contributed by atoms with Gasteiger partial charge in [0.25, 0.3) is 5.91 Å². The highest BCUT2D eigenvalue weighted by Crippen LogP contribution is 2.28. The fourth-order valence-corrected chi connectivity index (χ4v) is 2.69. The van der Waals surface area contributed by atoms with Crippen molar-refractivity contribution in [2.45, 2.75) is 25.5 Å². The zero-order chi connectivity index (χ0) is 17.8. The number of aliphatic carboxylic acids is 1. The molecule has 2 atom stereocenters. The topological polar surface area (TPSA) is 84.9 Å². The van der Waals surface area contributed by atoms with Gasteiger partial charge in [0.2, 0.25) is 0 Å². The smallest absolute Gasteiger partial charge is 0.330 e. The number of carboxylic acids is 1. The zero-order valence-electron chi connectivity index (χ0n) is 13.8. The van der Waals surface area contributed by atoms with Gasteiger partial charge in [-0.15, -0.1) is 0 Å². The first-order chi connectivity index (χ1) is 12.0. The molecule has 2 aromatic rings. The summed E-state index contributed by atoms with van der Waals surface area (Å²) in [5, 5.41) is 12.0. The first kappa shape index (κ1) is 16.8. The summed E-state index contributed by atoms with van der Waals surface area (Å²) >= 11 is 0. The number of rotatable bonds is 6. The lowest BCUT2D eigenvalue weighted by Gasteiger charge is -2.19. The van der Waals surface area contributed by atoms with Crippen molar-refractivity contribution in [3.8, 4) is 11.5 Å². The molecular formula is C19H19NO5. The minimum Gasteiger partial charge on any atom is -0.493 e. The number of ether oxygens (including phenoxy) is 2. The van der Waals surface area contributed by atoms with Gasteiger partial charge in [0, 0.05) is 6.42 Å². The zero-order valence-corrected chi connectivity index (χ0v) is 13.8. The van der Waals surface area contributed by atoms with Crippen LogP contribution < -0.4 is 14.8 Å². The fourth-order valence-electron chi connectivity index (χ4n) is 2.69. The SMILES string of the molecule is CC(Oc1ccccc1)C(=O)NC(C(=O)O)c1ccc2c(c1)CCO2. The number of fused-ring (bicyclic) bond motifs is 1. The van der Waals surface area contributed by atoms with E-state index in [4.69, 9.17) is 9.47 Å². The van der Waals surface area contributed by atoms with Gasteiger partial charge in [-0.2, -0.15) is 0 Å². The van der Waals surface area contributed by atoms with Crippen LogP contribution in [0.3, 0.4) is 0 Å². The monoisotopic (exact) mass is 341 g/mol. The molecule has 0 fully saturated rings. The molecule has 25 heavy (non-hydrogen) atoms. The number of para-hydroxylation sites is 1. The maximum atomic E-state index is 12.3. The van der Waals surface area contributed by atoms with Crippen LogP contribution in [0, 0.1) is 0 Å². The third-order valence-electron chi connectivity index (χ3n) is 4.01. The molecule has 6 heteroatoms. The van der Waals surface area contributed by atoms with Crippen LogP contribution in [-0.2, 0) is 16.0 Å². The second kappa shape index (κ2) is 7.25. The van der Waals surface area contributed by atoms with Crippen molar-refractivity contribution in [1.29, 1.82) is 0 Å². The van der Waals surface area contributed by atoms with Crippen LogP contribution in [0.15, 0.2) is 48.5 Å². The molecule has 2 unspecified atom stereocenters. The van der Waals surface area contributed by atoms with E-state index in [1.165, 1.54) is 0 Å². The lowest BCUT2D eigenvalue weighted by Crippen LogP contribution is -2.41. The van der Waals surface area contributed by atoms with Crippen LogP contribution in [0.1, 0.15) is 24.1 Å².